The Morgan fingerprint density at radius 3 is 2.48 bits per heavy atom. The molecule has 0 aromatic heterocycles. The van der Waals surface area contributed by atoms with Crippen LogP contribution in [-0.4, -0.2) is 35.7 Å². The van der Waals surface area contributed by atoms with E-state index in [1.807, 2.05) is 36.4 Å². The van der Waals surface area contributed by atoms with Gasteiger partial charge >= 0.3 is 0 Å². The summed E-state index contributed by atoms with van der Waals surface area (Å²) in [5, 5.41) is 11.6. The number of benzene rings is 2. The van der Waals surface area contributed by atoms with Gasteiger partial charge in [0.15, 0.2) is 6.54 Å². The first kappa shape index (κ1) is 16.6. The fraction of sp³-hybridized carbons (Fsp3) is 0.350. The van der Waals surface area contributed by atoms with Gasteiger partial charge in [-0.15, -0.1) is 0 Å². The number of rotatable bonds is 3. The SMILES string of the molecule is COc1ccc(N2C[C@](O)(c3ccc(Br)cc3)[N+]3=C2CCCC3)cc1. The van der Waals surface area contributed by atoms with E-state index in [1.54, 1.807) is 7.11 Å². The van der Waals surface area contributed by atoms with Gasteiger partial charge in [-0.3, -0.25) is 0 Å². The first-order chi connectivity index (χ1) is 12.1. The van der Waals surface area contributed by atoms with Crippen molar-refractivity contribution in [3.8, 4) is 5.75 Å². The summed E-state index contributed by atoms with van der Waals surface area (Å²) in [6, 6.07) is 16.1. The minimum atomic E-state index is -0.990. The number of nitrogens with zero attached hydrogens (tertiary/aromatic N) is 2. The zero-order valence-corrected chi connectivity index (χ0v) is 15.9. The van der Waals surface area contributed by atoms with Gasteiger partial charge in [0.2, 0.25) is 0 Å². The summed E-state index contributed by atoms with van der Waals surface area (Å²) < 4.78 is 8.48. The number of amidine groups is 1. The molecule has 5 heteroatoms. The summed E-state index contributed by atoms with van der Waals surface area (Å²) in [5.74, 6) is 2.05. The highest BCUT2D eigenvalue weighted by atomic mass is 79.9. The Morgan fingerprint density at radius 1 is 1.08 bits per heavy atom. The van der Waals surface area contributed by atoms with E-state index in [4.69, 9.17) is 4.74 Å². The number of methoxy groups -OCH3 is 1. The molecule has 0 radical (unpaired) electrons. The van der Waals surface area contributed by atoms with E-state index in [0.717, 1.165) is 47.3 Å². The molecular weight excluding hydrogens is 380 g/mol. The van der Waals surface area contributed by atoms with Crippen LogP contribution < -0.4 is 9.64 Å². The monoisotopic (exact) mass is 401 g/mol. The van der Waals surface area contributed by atoms with Gasteiger partial charge in [0.05, 0.1) is 13.7 Å². The molecule has 2 heterocycles. The Morgan fingerprint density at radius 2 is 1.80 bits per heavy atom. The maximum absolute atomic E-state index is 11.6. The summed E-state index contributed by atoms with van der Waals surface area (Å²) in [6.45, 7) is 1.42. The van der Waals surface area contributed by atoms with Gasteiger partial charge in [0.25, 0.3) is 11.6 Å². The summed E-state index contributed by atoms with van der Waals surface area (Å²) in [4.78, 5) is 2.25. The molecule has 2 aromatic carbocycles. The van der Waals surface area contributed by atoms with Crippen molar-refractivity contribution in [1.29, 1.82) is 0 Å². The Hall–Kier alpha value is -1.85. The predicted molar refractivity (Wildman–Crippen MR) is 102 cm³/mol. The zero-order valence-electron chi connectivity index (χ0n) is 14.3. The van der Waals surface area contributed by atoms with E-state index in [0.29, 0.717) is 6.54 Å². The van der Waals surface area contributed by atoms with E-state index < -0.39 is 5.72 Å². The Kier molecular flexibility index (Phi) is 4.29. The zero-order chi connectivity index (χ0) is 17.4. The summed E-state index contributed by atoms with van der Waals surface area (Å²) >= 11 is 3.48. The molecule has 0 saturated carbocycles. The lowest BCUT2D eigenvalue weighted by Gasteiger charge is -2.24. The summed E-state index contributed by atoms with van der Waals surface area (Å²) in [6.07, 6.45) is 3.26. The van der Waals surface area contributed by atoms with Gasteiger partial charge in [-0.2, -0.15) is 0 Å². The van der Waals surface area contributed by atoms with Gasteiger partial charge in [-0.25, -0.2) is 9.48 Å². The van der Waals surface area contributed by atoms with Gasteiger partial charge in [0, 0.05) is 16.5 Å². The lowest BCUT2D eigenvalue weighted by Crippen LogP contribution is -2.41. The predicted octanol–water partition coefficient (Wildman–Crippen LogP) is 3.72. The molecule has 2 aliphatic heterocycles. The number of β-amino-alcohol motifs (C(OH)–C–C–N with tert-alkyl or cyclic N) is 1. The van der Waals surface area contributed by atoms with E-state index >= 15 is 0 Å². The van der Waals surface area contributed by atoms with Gasteiger partial charge in [-0.1, -0.05) is 28.1 Å². The number of hydrogen-bond donors (Lipinski definition) is 1. The lowest BCUT2D eigenvalue weighted by molar-refractivity contribution is -0.661. The van der Waals surface area contributed by atoms with Crippen molar-refractivity contribution < 1.29 is 14.4 Å². The van der Waals surface area contributed by atoms with Gasteiger partial charge in [-0.05, 0) is 49.2 Å². The second-order valence-corrected chi connectivity index (χ2v) is 7.55. The van der Waals surface area contributed by atoms with Crippen LogP contribution in [0.1, 0.15) is 24.8 Å². The third-order valence-electron chi connectivity index (χ3n) is 5.17. The number of anilines is 1. The highest BCUT2D eigenvalue weighted by Gasteiger charge is 2.52. The number of hydrogen-bond acceptors (Lipinski definition) is 3. The fourth-order valence-electron chi connectivity index (χ4n) is 3.86. The van der Waals surface area contributed by atoms with E-state index in [2.05, 4.69) is 37.5 Å². The van der Waals surface area contributed by atoms with Crippen molar-refractivity contribution in [1.82, 2.24) is 0 Å². The molecule has 0 unspecified atom stereocenters. The third-order valence-corrected chi connectivity index (χ3v) is 5.70. The van der Waals surface area contributed by atoms with E-state index in [1.165, 1.54) is 5.84 Å². The molecule has 0 fully saturated rings. The molecule has 0 amide bonds. The van der Waals surface area contributed by atoms with Crippen LogP contribution in [0.25, 0.3) is 0 Å². The van der Waals surface area contributed by atoms with Crippen molar-refractivity contribution in [2.45, 2.75) is 25.0 Å². The van der Waals surface area contributed by atoms with E-state index in [9.17, 15) is 5.11 Å². The minimum Gasteiger partial charge on any atom is -0.497 e. The van der Waals surface area contributed by atoms with Crippen molar-refractivity contribution in [2.75, 3.05) is 25.1 Å². The first-order valence-electron chi connectivity index (χ1n) is 8.65. The second-order valence-electron chi connectivity index (χ2n) is 6.63. The topological polar surface area (TPSA) is 35.7 Å². The first-order valence-corrected chi connectivity index (χ1v) is 9.44. The lowest BCUT2D eigenvalue weighted by atomic mass is 10.0. The Labute approximate surface area is 156 Å². The number of aliphatic hydroxyl groups is 1. The number of ether oxygens (including phenoxy) is 1. The van der Waals surface area contributed by atoms with Crippen LogP contribution in [0.15, 0.2) is 53.0 Å². The molecule has 2 aromatic rings. The van der Waals surface area contributed by atoms with Gasteiger partial charge < -0.3 is 9.84 Å². The van der Waals surface area contributed by atoms with Crippen LogP contribution in [0.2, 0.25) is 0 Å². The standard InChI is InChI=1S/C20H22BrN2O2/c1-25-18-11-9-17(10-12-18)22-14-20(24,15-5-7-16(21)8-6-15)23-13-3-2-4-19(22)23/h5-12,24H,2-4,13-14H2,1H3/q+1/t20-/m0/s1. The van der Waals surface area contributed by atoms with Gasteiger partial charge in [0.1, 0.15) is 11.4 Å². The molecule has 0 aliphatic carbocycles. The molecule has 4 nitrogen and oxygen atoms in total. The Bertz CT molecular complexity index is 801. The van der Waals surface area contributed by atoms with Crippen molar-refractivity contribution in [3.05, 3.63) is 58.6 Å². The Balaban J connectivity index is 1.75. The second kappa shape index (κ2) is 6.46. The minimum absolute atomic E-state index is 0.538. The normalized spacial score (nSPS) is 22.9. The smallest absolute Gasteiger partial charge is 0.271 e. The van der Waals surface area contributed by atoms with Crippen molar-refractivity contribution >= 4 is 27.5 Å². The molecule has 0 saturated heterocycles. The van der Waals surface area contributed by atoms with Crippen molar-refractivity contribution in [2.24, 2.45) is 0 Å². The molecule has 0 spiro atoms. The number of halogens is 1. The molecule has 0 bridgehead atoms. The highest BCUT2D eigenvalue weighted by molar-refractivity contribution is 9.10. The third kappa shape index (κ3) is 2.85. The molecule has 130 valence electrons. The molecule has 1 N–H and O–H groups in total. The fourth-order valence-corrected chi connectivity index (χ4v) is 4.12. The van der Waals surface area contributed by atoms with Crippen molar-refractivity contribution in [3.63, 3.8) is 0 Å². The van der Waals surface area contributed by atoms with Crippen LogP contribution in [-0.2, 0) is 5.72 Å². The van der Waals surface area contributed by atoms with Crippen LogP contribution >= 0.6 is 15.9 Å². The molecule has 25 heavy (non-hydrogen) atoms. The average Bonchev–Trinajstić information content (AvgIpc) is 2.97. The quantitative estimate of drug-likeness (QED) is 0.796. The molecule has 2 aliphatic rings. The van der Waals surface area contributed by atoms with Crippen LogP contribution in [0.4, 0.5) is 5.69 Å². The van der Waals surface area contributed by atoms with Crippen LogP contribution in [0.3, 0.4) is 0 Å². The maximum atomic E-state index is 11.6. The van der Waals surface area contributed by atoms with Crippen LogP contribution in [0.5, 0.6) is 5.75 Å². The molecule has 1 atom stereocenters. The summed E-state index contributed by atoms with van der Waals surface area (Å²) in [5.41, 5.74) is 1.04. The highest BCUT2D eigenvalue weighted by Crippen LogP contribution is 2.36. The van der Waals surface area contributed by atoms with Crippen LogP contribution in [0, 0.1) is 0 Å². The summed E-state index contributed by atoms with van der Waals surface area (Å²) in [7, 11) is 1.68. The average molecular weight is 402 g/mol. The molecular formula is C20H22BrN2O2+. The van der Waals surface area contributed by atoms with E-state index in [-0.39, 0.29) is 0 Å². The maximum Gasteiger partial charge on any atom is 0.271 e. The largest absolute Gasteiger partial charge is 0.497 e. The molecule has 4 rings (SSSR count).